The van der Waals surface area contributed by atoms with Crippen LogP contribution in [-0.2, 0) is 13.1 Å². The molecule has 0 aromatic carbocycles. The molecule has 0 atom stereocenters. The summed E-state index contributed by atoms with van der Waals surface area (Å²) in [4.78, 5) is 4.30. The van der Waals surface area contributed by atoms with E-state index in [-0.39, 0.29) is 0 Å². The Morgan fingerprint density at radius 1 is 1.42 bits per heavy atom. The van der Waals surface area contributed by atoms with Crippen molar-refractivity contribution in [2.75, 3.05) is 0 Å². The average molecular weight is 260 g/mol. The second kappa shape index (κ2) is 5.13. The Balaban J connectivity index is 1.63. The summed E-state index contributed by atoms with van der Waals surface area (Å²) in [6.45, 7) is 5.73. The van der Waals surface area contributed by atoms with E-state index in [0.29, 0.717) is 18.6 Å². The second-order valence-electron chi connectivity index (χ2n) is 5.37. The average Bonchev–Trinajstić information content (AvgIpc) is 2.91. The fourth-order valence-corrected chi connectivity index (χ4v) is 2.09. The summed E-state index contributed by atoms with van der Waals surface area (Å²) in [5.74, 6) is 0.944. The molecule has 6 heteroatoms. The van der Waals surface area contributed by atoms with E-state index < -0.39 is 0 Å². The Morgan fingerprint density at radius 2 is 2.26 bits per heavy atom. The molecule has 1 aliphatic rings. The van der Waals surface area contributed by atoms with Crippen molar-refractivity contribution in [1.29, 1.82) is 0 Å². The number of rotatable bonds is 6. The van der Waals surface area contributed by atoms with Crippen LogP contribution in [0.1, 0.15) is 44.2 Å². The maximum Gasteiger partial charge on any atom is 0.148 e. The third-order valence-corrected chi connectivity index (χ3v) is 3.28. The highest BCUT2D eigenvalue weighted by molar-refractivity contribution is 5.01. The molecule has 1 aliphatic carbocycles. The first-order chi connectivity index (χ1) is 9.22. The lowest BCUT2D eigenvalue weighted by atomic mass is 10.4. The number of hydrogen-bond donors (Lipinski definition) is 1. The molecule has 0 spiro atoms. The van der Waals surface area contributed by atoms with Crippen molar-refractivity contribution in [1.82, 2.24) is 29.9 Å². The van der Waals surface area contributed by atoms with Gasteiger partial charge in [0.1, 0.15) is 18.7 Å². The molecule has 1 N–H and O–H groups in total. The van der Waals surface area contributed by atoms with E-state index in [0.717, 1.165) is 18.1 Å². The third kappa shape index (κ3) is 3.01. The van der Waals surface area contributed by atoms with Gasteiger partial charge in [-0.15, -0.1) is 0 Å². The van der Waals surface area contributed by atoms with E-state index in [9.17, 15) is 0 Å². The molecule has 2 aromatic heterocycles. The molecular weight excluding hydrogens is 240 g/mol. The summed E-state index contributed by atoms with van der Waals surface area (Å²) in [5.41, 5.74) is 1.09. The third-order valence-electron chi connectivity index (χ3n) is 3.28. The summed E-state index contributed by atoms with van der Waals surface area (Å²) in [6, 6.07) is 3.10. The number of hydrogen-bond acceptors (Lipinski definition) is 4. The zero-order chi connectivity index (χ0) is 13.2. The number of nitrogens with one attached hydrogen (secondary N) is 1. The Hall–Kier alpha value is -1.69. The van der Waals surface area contributed by atoms with Crippen LogP contribution < -0.4 is 5.32 Å². The Morgan fingerprint density at radius 3 is 3.00 bits per heavy atom. The van der Waals surface area contributed by atoms with E-state index >= 15 is 0 Å². The molecule has 19 heavy (non-hydrogen) atoms. The Bertz CT molecular complexity index is 537. The van der Waals surface area contributed by atoms with Gasteiger partial charge in [0.2, 0.25) is 0 Å². The summed E-state index contributed by atoms with van der Waals surface area (Å²) in [5, 5.41) is 12.3. The lowest BCUT2D eigenvalue weighted by Crippen LogP contribution is -2.16. The van der Waals surface area contributed by atoms with E-state index in [1.807, 2.05) is 15.6 Å². The summed E-state index contributed by atoms with van der Waals surface area (Å²) < 4.78 is 3.86. The van der Waals surface area contributed by atoms with Gasteiger partial charge >= 0.3 is 0 Å². The van der Waals surface area contributed by atoms with Crippen molar-refractivity contribution in [2.24, 2.45) is 0 Å². The van der Waals surface area contributed by atoms with Gasteiger partial charge in [-0.25, -0.2) is 9.67 Å². The topological polar surface area (TPSA) is 60.6 Å². The molecule has 6 nitrogen and oxygen atoms in total. The first kappa shape index (κ1) is 12.3. The fraction of sp³-hybridized carbons (Fsp3) is 0.615. The van der Waals surface area contributed by atoms with Crippen molar-refractivity contribution in [3.8, 4) is 0 Å². The highest BCUT2D eigenvalue weighted by Gasteiger charge is 2.20. The van der Waals surface area contributed by atoms with Crippen molar-refractivity contribution in [3.05, 3.63) is 30.1 Å². The standard InChI is InChI=1S/C13H20N6/c1-10(2)19-13(15-9-16-19)8-18-6-5-12(17-18)7-14-11-3-4-11/h5-6,9-11,14H,3-4,7-8H2,1-2H3. The van der Waals surface area contributed by atoms with Crippen LogP contribution in [0.15, 0.2) is 18.6 Å². The van der Waals surface area contributed by atoms with Gasteiger partial charge in [0, 0.05) is 24.8 Å². The molecule has 2 aromatic rings. The Kier molecular flexibility index (Phi) is 3.33. The van der Waals surface area contributed by atoms with Crippen molar-refractivity contribution in [3.63, 3.8) is 0 Å². The van der Waals surface area contributed by atoms with Gasteiger partial charge in [0.15, 0.2) is 0 Å². The van der Waals surface area contributed by atoms with Crippen LogP contribution in [0, 0.1) is 0 Å². The van der Waals surface area contributed by atoms with Crippen molar-refractivity contribution in [2.45, 2.75) is 51.9 Å². The maximum absolute atomic E-state index is 4.56. The minimum Gasteiger partial charge on any atom is -0.308 e. The smallest absolute Gasteiger partial charge is 0.148 e. The largest absolute Gasteiger partial charge is 0.308 e. The van der Waals surface area contributed by atoms with E-state index in [1.54, 1.807) is 6.33 Å². The zero-order valence-electron chi connectivity index (χ0n) is 11.5. The lowest BCUT2D eigenvalue weighted by molar-refractivity contribution is 0.486. The molecule has 1 fully saturated rings. The van der Waals surface area contributed by atoms with Gasteiger partial charge in [-0.2, -0.15) is 10.2 Å². The van der Waals surface area contributed by atoms with Gasteiger partial charge in [0.25, 0.3) is 0 Å². The highest BCUT2D eigenvalue weighted by Crippen LogP contribution is 2.19. The minimum atomic E-state index is 0.323. The van der Waals surface area contributed by atoms with Gasteiger partial charge in [-0.05, 0) is 32.8 Å². The highest BCUT2D eigenvalue weighted by atomic mass is 15.4. The zero-order valence-corrected chi connectivity index (χ0v) is 11.5. The van der Waals surface area contributed by atoms with Gasteiger partial charge in [-0.3, -0.25) is 4.68 Å². The Labute approximate surface area is 112 Å². The molecule has 0 amide bonds. The minimum absolute atomic E-state index is 0.323. The van der Waals surface area contributed by atoms with Crippen LogP contribution >= 0.6 is 0 Å². The van der Waals surface area contributed by atoms with E-state index in [1.165, 1.54) is 12.8 Å². The quantitative estimate of drug-likeness (QED) is 0.852. The fourth-order valence-electron chi connectivity index (χ4n) is 2.09. The van der Waals surface area contributed by atoms with E-state index in [4.69, 9.17) is 0 Å². The van der Waals surface area contributed by atoms with E-state index in [2.05, 4.69) is 40.4 Å². The number of aromatic nitrogens is 5. The van der Waals surface area contributed by atoms with Crippen LogP contribution in [0.2, 0.25) is 0 Å². The molecule has 1 saturated carbocycles. The molecule has 0 bridgehead atoms. The molecule has 102 valence electrons. The first-order valence-corrected chi connectivity index (χ1v) is 6.86. The van der Waals surface area contributed by atoms with Crippen LogP contribution in [0.4, 0.5) is 0 Å². The molecule has 0 radical (unpaired) electrons. The predicted molar refractivity (Wildman–Crippen MR) is 71.6 cm³/mol. The molecule has 2 heterocycles. The normalized spacial score (nSPS) is 15.3. The molecule has 0 unspecified atom stereocenters. The maximum atomic E-state index is 4.56. The van der Waals surface area contributed by atoms with Gasteiger partial charge in [0.05, 0.1) is 5.69 Å². The SMILES string of the molecule is CC(C)n1ncnc1Cn1ccc(CNC2CC2)n1. The van der Waals surface area contributed by atoms with Crippen LogP contribution in [-0.4, -0.2) is 30.6 Å². The molecule has 0 aliphatic heterocycles. The van der Waals surface area contributed by atoms with Crippen LogP contribution in [0.3, 0.4) is 0 Å². The molecule has 3 rings (SSSR count). The van der Waals surface area contributed by atoms with Gasteiger partial charge in [-0.1, -0.05) is 0 Å². The van der Waals surface area contributed by atoms with Crippen molar-refractivity contribution >= 4 is 0 Å². The van der Waals surface area contributed by atoms with Crippen molar-refractivity contribution < 1.29 is 0 Å². The molecular formula is C13H20N6. The summed E-state index contributed by atoms with van der Waals surface area (Å²) in [7, 11) is 0. The lowest BCUT2D eigenvalue weighted by Gasteiger charge is -2.09. The number of nitrogens with zero attached hydrogens (tertiary/aromatic N) is 5. The summed E-state index contributed by atoms with van der Waals surface area (Å²) in [6.07, 6.45) is 6.22. The first-order valence-electron chi connectivity index (χ1n) is 6.86. The predicted octanol–water partition coefficient (Wildman–Crippen LogP) is 1.36. The summed E-state index contributed by atoms with van der Waals surface area (Å²) >= 11 is 0. The molecule has 0 saturated heterocycles. The monoisotopic (exact) mass is 260 g/mol. The van der Waals surface area contributed by atoms with Crippen LogP contribution in [0.5, 0.6) is 0 Å². The van der Waals surface area contributed by atoms with Crippen LogP contribution in [0.25, 0.3) is 0 Å². The van der Waals surface area contributed by atoms with Gasteiger partial charge < -0.3 is 5.32 Å². The second-order valence-corrected chi connectivity index (χ2v) is 5.37.